The smallest absolute Gasteiger partial charge is 0.238 e. The third kappa shape index (κ3) is 5.11. The summed E-state index contributed by atoms with van der Waals surface area (Å²) in [4.78, 5) is 17.5. The molecule has 2 atom stereocenters. The zero-order valence-electron chi connectivity index (χ0n) is 18.1. The molecule has 0 radical (unpaired) electrons. The number of nitrogens with two attached hydrogens (primary N) is 1. The Morgan fingerprint density at radius 2 is 1.90 bits per heavy atom. The van der Waals surface area contributed by atoms with E-state index >= 15 is 0 Å². The first kappa shape index (κ1) is 23.3. The van der Waals surface area contributed by atoms with Gasteiger partial charge in [-0.1, -0.05) is 43.8 Å². The van der Waals surface area contributed by atoms with E-state index < -0.39 is 15.3 Å². The van der Waals surface area contributed by atoms with Gasteiger partial charge in [0.1, 0.15) is 0 Å². The van der Waals surface area contributed by atoms with Gasteiger partial charge < -0.3 is 9.88 Å². The number of benzene rings is 2. The van der Waals surface area contributed by atoms with Crippen molar-refractivity contribution in [3.8, 4) is 0 Å². The molecule has 3 rings (SSSR count). The number of nitrogens with one attached hydrogen (secondary N) is 1. The van der Waals surface area contributed by atoms with E-state index in [1.807, 2.05) is 42.7 Å². The molecular weight excluding hydrogens is 432 g/mol. The Balaban J connectivity index is 1.84. The van der Waals surface area contributed by atoms with Crippen molar-refractivity contribution < 1.29 is 13.2 Å². The molecule has 166 valence electrons. The van der Waals surface area contributed by atoms with Gasteiger partial charge in [-0.25, -0.2) is 18.5 Å². The number of para-hydroxylation sites is 1. The molecule has 0 aliphatic rings. The first-order valence-corrected chi connectivity index (χ1v) is 12.7. The molecule has 0 saturated carbocycles. The lowest BCUT2D eigenvalue weighted by Gasteiger charge is -2.17. The van der Waals surface area contributed by atoms with Crippen molar-refractivity contribution in [3.63, 3.8) is 0 Å². The number of imidazole rings is 1. The van der Waals surface area contributed by atoms with E-state index in [-0.39, 0.29) is 10.8 Å². The molecule has 1 heterocycles. The Morgan fingerprint density at radius 3 is 2.55 bits per heavy atom. The van der Waals surface area contributed by atoms with E-state index in [1.54, 1.807) is 6.07 Å². The quantitative estimate of drug-likeness (QED) is 0.486. The summed E-state index contributed by atoms with van der Waals surface area (Å²) in [5, 5.41) is 8.55. The number of nitrogens with zero attached hydrogens (tertiary/aromatic N) is 2. The van der Waals surface area contributed by atoms with Crippen LogP contribution in [0, 0.1) is 0 Å². The summed E-state index contributed by atoms with van der Waals surface area (Å²) < 4.78 is 25.3. The number of fused-ring (bicyclic) bond motifs is 1. The monoisotopic (exact) mass is 460 g/mol. The number of rotatable bonds is 8. The normalized spacial score (nSPS) is 13.8. The summed E-state index contributed by atoms with van der Waals surface area (Å²) in [5.41, 5.74) is 3.28. The van der Waals surface area contributed by atoms with Crippen LogP contribution in [0.15, 0.2) is 52.5 Å². The Bertz CT molecular complexity index is 1200. The van der Waals surface area contributed by atoms with E-state index in [1.165, 1.54) is 23.9 Å². The van der Waals surface area contributed by atoms with Crippen LogP contribution >= 0.6 is 11.8 Å². The van der Waals surface area contributed by atoms with Crippen molar-refractivity contribution in [1.82, 2.24) is 9.55 Å². The summed E-state index contributed by atoms with van der Waals surface area (Å²) >= 11 is 1.34. The summed E-state index contributed by atoms with van der Waals surface area (Å²) in [6, 6.07) is 12.5. The number of aryl methyl sites for hydroxylation is 1. The Kier molecular flexibility index (Phi) is 7.08. The number of hydrogen-bond acceptors (Lipinski definition) is 5. The van der Waals surface area contributed by atoms with Gasteiger partial charge in [-0.3, -0.25) is 4.79 Å². The number of anilines is 1. The van der Waals surface area contributed by atoms with Gasteiger partial charge in [-0.05, 0) is 56.0 Å². The zero-order valence-corrected chi connectivity index (χ0v) is 19.8. The molecule has 0 spiro atoms. The van der Waals surface area contributed by atoms with E-state index in [0.29, 0.717) is 23.1 Å². The summed E-state index contributed by atoms with van der Waals surface area (Å²) in [6.07, 6.45) is 0.984. The number of thioether (sulfide) groups is 1. The van der Waals surface area contributed by atoms with E-state index in [2.05, 4.69) is 24.1 Å². The van der Waals surface area contributed by atoms with Crippen molar-refractivity contribution in [2.24, 2.45) is 5.14 Å². The highest BCUT2D eigenvalue weighted by atomic mass is 32.2. The van der Waals surface area contributed by atoms with Gasteiger partial charge in [-0.2, -0.15) is 0 Å². The van der Waals surface area contributed by atoms with Gasteiger partial charge >= 0.3 is 0 Å². The number of amides is 1. The van der Waals surface area contributed by atoms with Crippen molar-refractivity contribution >= 4 is 44.4 Å². The summed E-state index contributed by atoms with van der Waals surface area (Å²) in [7, 11) is -3.81. The number of carbonyl (C=O) groups is 1. The first-order valence-electron chi connectivity index (χ1n) is 10.2. The molecule has 0 fully saturated rings. The maximum absolute atomic E-state index is 12.9. The molecule has 0 aliphatic carbocycles. The lowest BCUT2D eigenvalue weighted by atomic mass is 9.97. The highest BCUT2D eigenvalue weighted by molar-refractivity contribution is 8.00. The number of hydrogen-bond donors (Lipinski definition) is 2. The van der Waals surface area contributed by atoms with Gasteiger partial charge in [0.15, 0.2) is 5.16 Å². The van der Waals surface area contributed by atoms with Crippen molar-refractivity contribution in [2.45, 2.75) is 61.9 Å². The molecule has 1 amide bonds. The fourth-order valence-corrected chi connectivity index (χ4v) is 4.89. The SMILES string of the molecule is CC[C@H](C)c1ccccc1NC(=O)[C@H](C)Sc1nc2cc(S(N)(=O)=O)ccc2n1CC. The molecule has 0 saturated heterocycles. The molecule has 9 heteroatoms. The lowest BCUT2D eigenvalue weighted by Crippen LogP contribution is -2.23. The highest BCUT2D eigenvalue weighted by Crippen LogP contribution is 2.30. The molecule has 0 aliphatic heterocycles. The van der Waals surface area contributed by atoms with Crippen LogP contribution < -0.4 is 10.5 Å². The van der Waals surface area contributed by atoms with Gasteiger partial charge in [-0.15, -0.1) is 0 Å². The number of sulfonamides is 1. The Morgan fingerprint density at radius 1 is 1.19 bits per heavy atom. The van der Waals surface area contributed by atoms with Crippen LogP contribution in [0.25, 0.3) is 11.0 Å². The molecule has 31 heavy (non-hydrogen) atoms. The average Bonchev–Trinajstić information content (AvgIpc) is 3.08. The molecule has 2 aromatic carbocycles. The van der Waals surface area contributed by atoms with Gasteiger partial charge in [0.25, 0.3) is 0 Å². The maximum atomic E-state index is 12.9. The van der Waals surface area contributed by atoms with Crippen LogP contribution in [0.2, 0.25) is 0 Å². The third-order valence-corrected chi connectivity index (χ3v) is 7.34. The van der Waals surface area contributed by atoms with Crippen LogP contribution in [-0.4, -0.2) is 29.1 Å². The molecule has 0 unspecified atom stereocenters. The number of carbonyl (C=O) groups excluding carboxylic acids is 1. The first-order chi connectivity index (χ1) is 14.7. The second-order valence-electron chi connectivity index (χ2n) is 7.48. The van der Waals surface area contributed by atoms with Crippen molar-refractivity contribution in [2.75, 3.05) is 5.32 Å². The maximum Gasteiger partial charge on any atom is 0.238 e. The molecule has 3 aromatic rings. The second kappa shape index (κ2) is 9.42. The van der Waals surface area contributed by atoms with Crippen LogP contribution in [0.3, 0.4) is 0 Å². The lowest BCUT2D eigenvalue weighted by molar-refractivity contribution is -0.115. The Labute approximate surface area is 187 Å². The number of aromatic nitrogens is 2. The second-order valence-corrected chi connectivity index (χ2v) is 10.3. The minimum absolute atomic E-state index is 0.0183. The molecule has 7 nitrogen and oxygen atoms in total. The van der Waals surface area contributed by atoms with E-state index in [4.69, 9.17) is 5.14 Å². The molecule has 0 bridgehead atoms. The van der Waals surface area contributed by atoms with Crippen LogP contribution in [0.5, 0.6) is 0 Å². The standard InChI is InChI=1S/C22H28N4O3S2/c1-5-14(3)17-9-7-8-10-18(17)24-21(27)15(4)30-22-25-19-13-16(31(23,28)29)11-12-20(19)26(22)6-2/h7-15H,5-6H2,1-4H3,(H,24,27)(H2,23,28,29)/t14-,15-/m0/s1. The largest absolute Gasteiger partial charge is 0.325 e. The minimum atomic E-state index is -3.81. The predicted octanol–water partition coefficient (Wildman–Crippen LogP) is 4.34. The van der Waals surface area contributed by atoms with Gasteiger partial charge in [0.2, 0.25) is 15.9 Å². The molecule has 1 aromatic heterocycles. The van der Waals surface area contributed by atoms with E-state index in [9.17, 15) is 13.2 Å². The third-order valence-electron chi connectivity index (χ3n) is 5.34. The fourth-order valence-electron chi connectivity index (χ4n) is 3.37. The molecule has 3 N–H and O–H groups in total. The average molecular weight is 461 g/mol. The minimum Gasteiger partial charge on any atom is -0.325 e. The van der Waals surface area contributed by atoms with Crippen LogP contribution in [-0.2, 0) is 21.4 Å². The van der Waals surface area contributed by atoms with Crippen molar-refractivity contribution in [1.29, 1.82) is 0 Å². The summed E-state index contributed by atoms with van der Waals surface area (Å²) in [6.45, 7) is 8.71. The van der Waals surface area contributed by atoms with Crippen molar-refractivity contribution in [3.05, 3.63) is 48.0 Å². The molecular formula is C22H28N4O3S2. The van der Waals surface area contributed by atoms with Gasteiger partial charge in [0.05, 0.1) is 21.2 Å². The predicted molar refractivity (Wildman–Crippen MR) is 126 cm³/mol. The topological polar surface area (TPSA) is 107 Å². The van der Waals surface area contributed by atoms with Gasteiger partial charge in [0, 0.05) is 12.2 Å². The van der Waals surface area contributed by atoms with E-state index in [0.717, 1.165) is 23.2 Å². The number of primary sulfonamides is 1. The summed E-state index contributed by atoms with van der Waals surface area (Å²) in [5.74, 6) is 0.234. The zero-order chi connectivity index (χ0) is 22.8. The highest BCUT2D eigenvalue weighted by Gasteiger charge is 2.21. The Hall–Kier alpha value is -2.36. The van der Waals surface area contributed by atoms with Crippen LogP contribution in [0.1, 0.15) is 45.6 Å². The fraction of sp³-hybridized carbons (Fsp3) is 0.364. The van der Waals surface area contributed by atoms with Crippen LogP contribution in [0.4, 0.5) is 5.69 Å².